The molecule has 8 atom stereocenters. The van der Waals surface area contributed by atoms with Crippen LogP contribution < -0.4 is 80.4 Å². The zero-order valence-corrected chi connectivity index (χ0v) is 86.4. The molecule has 8 heterocycles. The van der Waals surface area contributed by atoms with Crippen LogP contribution in [-0.4, -0.2) is 396 Å². The summed E-state index contributed by atoms with van der Waals surface area (Å²) < 4.78 is 77.6. The molecule has 8 aromatic rings. The van der Waals surface area contributed by atoms with E-state index >= 15 is 0 Å². The Bertz CT molecular complexity index is 4740. The lowest BCUT2D eigenvalue weighted by Crippen LogP contribution is -2.40. The van der Waals surface area contributed by atoms with Gasteiger partial charge in [-0.3, -0.25) is 38.4 Å². The first-order valence-corrected chi connectivity index (χ1v) is 43.9. The minimum atomic E-state index is -0.263. The van der Waals surface area contributed by atoms with E-state index in [2.05, 4.69) is 138 Å². The molecule has 0 radical (unpaired) electrons. The fourth-order valence-electron chi connectivity index (χ4n) is 11.0. The highest BCUT2D eigenvalue weighted by molar-refractivity contribution is 5.97. The molecule has 8 unspecified atom stereocenters. The maximum atomic E-state index is 12.0. The number of carbonyl (C=O) groups excluding carboxylic acids is 8. The Morgan fingerprint density at radius 2 is 0.507 bits per heavy atom. The Balaban J connectivity index is 0.000000777. The molecule has 0 saturated carbocycles. The van der Waals surface area contributed by atoms with Gasteiger partial charge in [0.15, 0.2) is 45.6 Å². The van der Waals surface area contributed by atoms with Crippen LogP contribution in [0.5, 0.6) is 47.6 Å². The Labute approximate surface area is 798 Å². The Hall–Kier alpha value is -12.5. The summed E-state index contributed by atoms with van der Waals surface area (Å²) in [5.74, 6) is 0.00589. The third-order valence-corrected chi connectivity index (χ3v) is 20.4. The molecule has 0 bridgehead atoms. The molecular formula is C88H152N24O24. The molecule has 768 valence electrons. The first-order valence-electron chi connectivity index (χ1n) is 43.9. The van der Waals surface area contributed by atoms with Crippen molar-refractivity contribution in [2.45, 2.75) is 159 Å². The molecule has 48 nitrogen and oxygen atoms in total. The number of hydrogen-bond acceptors (Lipinski definition) is 40. The van der Waals surface area contributed by atoms with E-state index in [0.717, 1.165) is 52.4 Å². The molecule has 0 aliphatic heterocycles. The fourth-order valence-corrected chi connectivity index (χ4v) is 11.0. The monoisotopic (exact) mass is 1930 g/mol. The molecule has 8 amide bonds. The van der Waals surface area contributed by atoms with Crippen molar-refractivity contribution in [2.75, 3.05) is 220 Å². The summed E-state index contributed by atoms with van der Waals surface area (Å²) >= 11 is 0. The number of rotatable bonds is 44. The van der Waals surface area contributed by atoms with Crippen LogP contribution in [0.15, 0.2) is 60.5 Å². The number of likely N-dealkylation sites (N-methyl/N-ethyl adjacent to an activating group) is 8. The maximum absolute atomic E-state index is 12.0. The van der Waals surface area contributed by atoms with Crippen LogP contribution in [0.2, 0.25) is 0 Å². The van der Waals surface area contributed by atoms with E-state index in [1.807, 2.05) is 153 Å². The third kappa shape index (κ3) is 44.3. The van der Waals surface area contributed by atoms with Crippen molar-refractivity contribution in [1.29, 1.82) is 0 Å². The highest BCUT2D eigenvalue weighted by Gasteiger charge is 2.27. The number of hydrogen-bond donors (Lipinski definition) is 8. The van der Waals surface area contributed by atoms with E-state index < -0.39 is 0 Å². The second kappa shape index (κ2) is 64.5. The van der Waals surface area contributed by atoms with Crippen LogP contribution in [0.1, 0.15) is 189 Å². The van der Waals surface area contributed by atoms with Crippen LogP contribution in [0, 0.1) is 27.7 Å². The summed E-state index contributed by atoms with van der Waals surface area (Å²) in [6.07, 6.45) is 0. The smallest absolute Gasteiger partial charge is 0.314 e. The number of methoxy groups -OCH3 is 8. The zero-order valence-electron chi connectivity index (χ0n) is 86.4. The van der Waals surface area contributed by atoms with Gasteiger partial charge >= 0.3 is 47.6 Å². The van der Waals surface area contributed by atoms with Crippen LogP contribution in [-0.2, 0) is 0 Å². The average Bonchev–Trinajstić information content (AvgIpc) is 1.72. The predicted molar refractivity (Wildman–Crippen MR) is 506 cm³/mol. The Morgan fingerprint density at radius 3 is 0.713 bits per heavy atom. The predicted octanol–water partition coefficient (Wildman–Crippen LogP) is 5.70. The maximum Gasteiger partial charge on any atom is 0.314 e. The summed E-state index contributed by atoms with van der Waals surface area (Å²) in [5, 5.41) is 51.7. The number of aromatic nitrogens is 8. The standard InChI is InChI=1S/2C12H21N3O3.4C11H19N3O3.2C10H17N3O3/c1-6-15(4)7-8(2)13-11(16)10-9(3)12(17-5)18-14-10;1-6-15(4)8(2)7-13-11(16)10-9(3)12(17-5)18-14-10;1-7(6-14(3)4)12-10(15)9-8(2)11(16-5)17-13-9;1-7(14(3)4)6-12-10(15)9-8(2)11(16-5)17-13-9;1-5-14(3)7-8(2)12-11(15)9-6-10(16-4)17-13-9;1-5-14(3)8(2)7-12-11(15)9-6-10(16-4)17-13-9;1-7(6-13(2)3)11-10(14)8-5-9(15-4)16-12-8;1-7(13(2)3)6-11-10(14)8-5-9(15-4)16-12-8/h2*8H,6-7H2,1-5H3,(H,13,16);2*7H,6H2,1-5H3,(H,12,15);2*6,8H,5,7H2,1-4H3,(H,12,15);2*5,7H,6H2,1-4H3,(H,11,14). The highest BCUT2D eigenvalue weighted by Crippen LogP contribution is 2.25. The molecule has 48 heteroatoms. The van der Waals surface area contributed by atoms with E-state index in [1.165, 1.54) is 81.1 Å². The van der Waals surface area contributed by atoms with Gasteiger partial charge in [-0.25, -0.2) is 0 Å². The largest absolute Gasteiger partial charge is 0.467 e. The minimum Gasteiger partial charge on any atom is -0.467 e. The van der Waals surface area contributed by atoms with E-state index in [9.17, 15) is 38.4 Å². The van der Waals surface area contributed by atoms with Crippen molar-refractivity contribution in [3.63, 3.8) is 0 Å². The van der Waals surface area contributed by atoms with E-state index in [4.69, 9.17) is 74.1 Å². The Morgan fingerprint density at radius 1 is 0.287 bits per heavy atom. The van der Waals surface area contributed by atoms with Crippen LogP contribution >= 0.6 is 0 Å². The second-order valence-electron chi connectivity index (χ2n) is 32.6. The van der Waals surface area contributed by atoms with Gasteiger partial charge in [0.2, 0.25) is 0 Å². The summed E-state index contributed by atoms with van der Waals surface area (Å²) in [4.78, 5) is 111. The molecule has 0 saturated heterocycles. The van der Waals surface area contributed by atoms with Gasteiger partial charge in [-0.2, -0.15) is 0 Å². The van der Waals surface area contributed by atoms with Crippen molar-refractivity contribution in [3.8, 4) is 47.6 Å². The van der Waals surface area contributed by atoms with Gasteiger partial charge < -0.3 is 156 Å². The van der Waals surface area contributed by atoms with Crippen LogP contribution in [0.4, 0.5) is 0 Å². The summed E-state index contributed by atoms with van der Waals surface area (Å²) in [7, 11) is 35.4. The molecule has 0 aliphatic rings. The number of nitrogens with zero attached hydrogens (tertiary/aromatic N) is 16. The third-order valence-electron chi connectivity index (χ3n) is 20.4. The number of nitrogens with one attached hydrogen (secondary N) is 8. The lowest BCUT2D eigenvalue weighted by Gasteiger charge is -2.22. The molecule has 0 aliphatic carbocycles. The second-order valence-corrected chi connectivity index (χ2v) is 32.6. The average molecular weight is 1930 g/mol. The normalized spacial score (nSPS) is 12.6. The fraction of sp³-hybridized carbons (Fsp3) is 0.636. The minimum absolute atomic E-state index is 0.0413. The van der Waals surface area contributed by atoms with Gasteiger partial charge in [-0.15, -0.1) is 0 Å². The lowest BCUT2D eigenvalue weighted by molar-refractivity contribution is 0.0914. The van der Waals surface area contributed by atoms with Crippen molar-refractivity contribution < 1.29 is 112 Å². The van der Waals surface area contributed by atoms with Crippen molar-refractivity contribution in [1.82, 2.24) is 123 Å². The van der Waals surface area contributed by atoms with Gasteiger partial charge in [-0.05, 0) is 194 Å². The molecule has 8 aromatic heterocycles. The topological polar surface area (TPSA) is 541 Å². The first-order chi connectivity index (χ1) is 64.1. The molecular weight excluding hydrogens is 1780 g/mol. The summed E-state index contributed by atoms with van der Waals surface area (Å²) in [6, 6.07) is 7.09. The molecule has 0 fully saturated rings. The van der Waals surface area contributed by atoms with Crippen LogP contribution in [0.25, 0.3) is 0 Å². The first kappa shape index (κ1) is 122. The van der Waals surface area contributed by atoms with Crippen LogP contribution in [0.3, 0.4) is 0 Å². The number of ether oxygens (including phenoxy) is 8. The summed E-state index contributed by atoms with van der Waals surface area (Å²) in [5.41, 5.74) is 4.46. The van der Waals surface area contributed by atoms with Crippen molar-refractivity contribution >= 4 is 47.3 Å². The van der Waals surface area contributed by atoms with Gasteiger partial charge in [0.25, 0.3) is 47.3 Å². The Kier molecular flexibility index (Phi) is 57.6. The lowest BCUT2D eigenvalue weighted by atomic mass is 10.2. The van der Waals surface area contributed by atoms with Gasteiger partial charge in [0.1, 0.15) is 0 Å². The van der Waals surface area contributed by atoms with Crippen molar-refractivity contribution in [2.24, 2.45) is 0 Å². The van der Waals surface area contributed by atoms with Gasteiger partial charge in [-0.1, -0.05) is 68.9 Å². The molecule has 8 N–H and O–H groups in total. The van der Waals surface area contributed by atoms with Crippen molar-refractivity contribution in [3.05, 3.63) is 92.1 Å². The molecule has 8 rings (SSSR count). The highest BCUT2D eigenvalue weighted by atomic mass is 16.7. The quantitative estimate of drug-likeness (QED) is 0.0227. The number of amides is 8. The van der Waals surface area contributed by atoms with E-state index in [-0.39, 0.29) is 189 Å². The SMILES string of the molecule is CCN(C)C(C)CNC(=O)c1cc(OC)on1.CCN(C)C(C)CNC(=O)c1noc(OC)c1C.CCN(C)CC(C)NC(=O)c1cc(OC)on1.CCN(C)CC(C)NC(=O)c1noc(OC)c1C.COc1cc(C(=O)NC(C)CN(C)C)no1.COc1cc(C(=O)NCC(C)N(C)C)no1.COc1onc(C(=O)NC(C)CN(C)C)c1C.COc1onc(C(=O)NCC(C)N(C)C)c1C. The van der Waals surface area contributed by atoms with Gasteiger partial charge in [0.05, 0.1) is 103 Å². The molecule has 0 spiro atoms. The number of carbonyl (C=O) groups is 8. The van der Waals surface area contributed by atoms with E-state index in [1.54, 1.807) is 27.7 Å². The molecule has 0 aromatic carbocycles. The zero-order chi connectivity index (χ0) is 103. The van der Waals surface area contributed by atoms with E-state index in [0.29, 0.717) is 48.4 Å². The summed E-state index contributed by atoms with van der Waals surface area (Å²) in [6.45, 7) is 40.3. The van der Waals surface area contributed by atoms with Gasteiger partial charge in [0, 0.05) is 101 Å². The molecule has 136 heavy (non-hydrogen) atoms.